The minimum absolute atomic E-state index is 0.0890. The van der Waals surface area contributed by atoms with E-state index in [1.54, 1.807) is 24.3 Å². The zero-order chi connectivity index (χ0) is 15.4. The highest BCUT2D eigenvalue weighted by molar-refractivity contribution is 6.30. The molecule has 0 radical (unpaired) electrons. The Balaban J connectivity index is 2.33. The Kier molecular flexibility index (Phi) is 4.62. The third-order valence-corrected chi connectivity index (χ3v) is 3.33. The van der Waals surface area contributed by atoms with Gasteiger partial charge in [-0.15, -0.1) is 0 Å². The summed E-state index contributed by atoms with van der Waals surface area (Å²) in [6.07, 6.45) is 0. The number of hydrazine groups is 1. The molecule has 0 bridgehead atoms. The van der Waals surface area contributed by atoms with E-state index in [4.69, 9.17) is 17.4 Å². The molecule has 0 fully saturated rings. The Morgan fingerprint density at radius 2 is 1.90 bits per heavy atom. The molecule has 0 amide bonds. The number of benzene rings is 2. The first-order valence-electron chi connectivity index (χ1n) is 6.29. The van der Waals surface area contributed by atoms with Crippen molar-refractivity contribution in [3.05, 3.63) is 63.2 Å². The monoisotopic (exact) mass is 306 g/mol. The van der Waals surface area contributed by atoms with Gasteiger partial charge in [-0.1, -0.05) is 29.8 Å². The van der Waals surface area contributed by atoms with Gasteiger partial charge in [0.15, 0.2) is 0 Å². The van der Waals surface area contributed by atoms with Gasteiger partial charge in [0.2, 0.25) is 0 Å². The average molecular weight is 307 g/mol. The van der Waals surface area contributed by atoms with Gasteiger partial charge in [0, 0.05) is 11.1 Å². The van der Waals surface area contributed by atoms with Crippen LogP contribution in [0, 0.1) is 10.1 Å². The third-order valence-electron chi connectivity index (χ3n) is 3.09. The molecule has 7 heteroatoms. The quantitative estimate of drug-likeness (QED) is 0.445. The van der Waals surface area contributed by atoms with Crippen LogP contribution in [0.15, 0.2) is 42.5 Å². The van der Waals surface area contributed by atoms with Crippen LogP contribution in [0.4, 0.5) is 17.1 Å². The summed E-state index contributed by atoms with van der Waals surface area (Å²) in [6, 6.07) is 12.1. The second-order valence-electron chi connectivity index (χ2n) is 4.52. The van der Waals surface area contributed by atoms with Crippen LogP contribution >= 0.6 is 11.6 Å². The number of anilines is 2. The second-order valence-corrected chi connectivity index (χ2v) is 4.96. The lowest BCUT2D eigenvalue weighted by Gasteiger charge is -2.17. The van der Waals surface area contributed by atoms with E-state index < -0.39 is 4.92 Å². The van der Waals surface area contributed by atoms with Crippen LogP contribution in [-0.2, 0) is 0 Å². The summed E-state index contributed by atoms with van der Waals surface area (Å²) in [6.45, 7) is 1.90. The van der Waals surface area contributed by atoms with Crippen molar-refractivity contribution in [1.82, 2.24) is 0 Å². The molecule has 0 aliphatic rings. The SMILES string of the molecule is CC(Nc1cccc(NN)c1[N+](=O)[O-])c1cccc(Cl)c1. The largest absolute Gasteiger partial charge is 0.373 e. The van der Waals surface area contributed by atoms with E-state index >= 15 is 0 Å². The molecule has 0 spiro atoms. The van der Waals surface area contributed by atoms with E-state index in [-0.39, 0.29) is 17.4 Å². The number of nitrogens with two attached hydrogens (primary N) is 1. The molecule has 0 aliphatic carbocycles. The number of hydrogen-bond donors (Lipinski definition) is 3. The summed E-state index contributed by atoms with van der Waals surface area (Å²) >= 11 is 5.96. The summed E-state index contributed by atoms with van der Waals surface area (Å²) in [5, 5.41) is 15.0. The smallest absolute Gasteiger partial charge is 0.316 e. The Bertz CT molecular complexity index is 663. The van der Waals surface area contributed by atoms with E-state index in [9.17, 15) is 10.1 Å². The molecule has 1 atom stereocenters. The Labute approximate surface area is 127 Å². The highest BCUT2D eigenvalue weighted by Gasteiger charge is 2.20. The topological polar surface area (TPSA) is 93.2 Å². The minimum Gasteiger partial charge on any atom is -0.373 e. The third kappa shape index (κ3) is 3.42. The van der Waals surface area contributed by atoms with Crippen LogP contribution in [0.5, 0.6) is 0 Å². The predicted octanol–water partition coefficient (Wildman–Crippen LogP) is 3.71. The Hall–Kier alpha value is -2.31. The number of rotatable bonds is 5. The number of nitrogens with zero attached hydrogens (tertiary/aromatic N) is 1. The number of hydrogen-bond acceptors (Lipinski definition) is 5. The molecule has 0 aliphatic heterocycles. The first-order chi connectivity index (χ1) is 10.0. The fourth-order valence-electron chi connectivity index (χ4n) is 2.07. The molecule has 2 aromatic rings. The molecule has 0 saturated carbocycles. The predicted molar refractivity (Wildman–Crippen MR) is 84.4 cm³/mol. The van der Waals surface area contributed by atoms with Gasteiger partial charge in [0.1, 0.15) is 11.4 Å². The summed E-state index contributed by atoms with van der Waals surface area (Å²) in [7, 11) is 0. The number of nitrogens with one attached hydrogen (secondary N) is 2. The maximum Gasteiger partial charge on any atom is 0.316 e. The number of nitro groups is 1. The molecule has 4 N–H and O–H groups in total. The number of nitrogen functional groups attached to an aromatic ring is 1. The van der Waals surface area contributed by atoms with E-state index in [1.807, 2.05) is 25.1 Å². The number of halogens is 1. The van der Waals surface area contributed by atoms with Crippen molar-refractivity contribution in [2.45, 2.75) is 13.0 Å². The molecule has 1 unspecified atom stereocenters. The van der Waals surface area contributed by atoms with Crippen molar-refractivity contribution in [3.63, 3.8) is 0 Å². The highest BCUT2D eigenvalue weighted by Crippen LogP contribution is 2.34. The van der Waals surface area contributed by atoms with Crippen molar-refractivity contribution in [2.24, 2.45) is 5.84 Å². The second kappa shape index (κ2) is 6.43. The van der Waals surface area contributed by atoms with E-state index in [0.717, 1.165) is 5.56 Å². The van der Waals surface area contributed by atoms with Crippen LogP contribution in [0.2, 0.25) is 5.02 Å². The summed E-state index contributed by atoms with van der Waals surface area (Å²) in [4.78, 5) is 10.8. The van der Waals surface area contributed by atoms with Crippen molar-refractivity contribution in [2.75, 3.05) is 10.7 Å². The standard InChI is InChI=1S/C14H15ClN4O2/c1-9(10-4-2-5-11(15)8-10)17-12-6-3-7-13(18-16)14(12)19(20)21/h2-9,17-18H,16H2,1H3. The van der Waals surface area contributed by atoms with Gasteiger partial charge in [-0.3, -0.25) is 16.0 Å². The van der Waals surface area contributed by atoms with Crippen LogP contribution in [0.25, 0.3) is 0 Å². The van der Waals surface area contributed by atoms with Crippen molar-refractivity contribution >= 4 is 28.7 Å². The fourth-order valence-corrected chi connectivity index (χ4v) is 2.26. The first kappa shape index (κ1) is 15.1. The average Bonchev–Trinajstić information content (AvgIpc) is 2.46. The highest BCUT2D eigenvalue weighted by atomic mass is 35.5. The van der Waals surface area contributed by atoms with Crippen molar-refractivity contribution < 1.29 is 4.92 Å². The molecule has 2 rings (SSSR count). The molecule has 6 nitrogen and oxygen atoms in total. The van der Waals surface area contributed by atoms with Crippen molar-refractivity contribution in [3.8, 4) is 0 Å². The zero-order valence-electron chi connectivity index (χ0n) is 11.3. The first-order valence-corrected chi connectivity index (χ1v) is 6.66. The normalized spacial score (nSPS) is 11.8. The van der Waals surface area contributed by atoms with Gasteiger partial charge in [-0.25, -0.2) is 0 Å². The molecule has 0 heterocycles. The summed E-state index contributed by atoms with van der Waals surface area (Å²) < 4.78 is 0. The van der Waals surface area contributed by atoms with Crippen LogP contribution in [0.1, 0.15) is 18.5 Å². The van der Waals surface area contributed by atoms with Gasteiger partial charge < -0.3 is 10.7 Å². The maximum atomic E-state index is 11.2. The molecule has 21 heavy (non-hydrogen) atoms. The van der Waals surface area contributed by atoms with Gasteiger partial charge in [-0.2, -0.15) is 0 Å². The molecule has 110 valence electrons. The van der Waals surface area contributed by atoms with E-state index in [0.29, 0.717) is 10.7 Å². The summed E-state index contributed by atoms with van der Waals surface area (Å²) in [5.74, 6) is 5.32. The lowest BCUT2D eigenvalue weighted by atomic mass is 10.1. The Morgan fingerprint density at radius 3 is 2.52 bits per heavy atom. The zero-order valence-corrected chi connectivity index (χ0v) is 12.1. The maximum absolute atomic E-state index is 11.2. The van der Waals surface area contributed by atoms with Gasteiger partial charge >= 0.3 is 5.69 Å². The van der Waals surface area contributed by atoms with Crippen molar-refractivity contribution in [1.29, 1.82) is 0 Å². The lowest BCUT2D eigenvalue weighted by molar-refractivity contribution is -0.383. The minimum atomic E-state index is -0.470. The van der Waals surface area contributed by atoms with E-state index in [2.05, 4.69) is 10.7 Å². The molecule has 0 saturated heterocycles. The molecule has 2 aromatic carbocycles. The van der Waals surface area contributed by atoms with Crippen LogP contribution in [-0.4, -0.2) is 4.92 Å². The van der Waals surface area contributed by atoms with Gasteiger partial charge in [0.25, 0.3) is 0 Å². The van der Waals surface area contributed by atoms with Crippen LogP contribution in [0.3, 0.4) is 0 Å². The Morgan fingerprint density at radius 1 is 1.24 bits per heavy atom. The molecule has 0 aromatic heterocycles. The van der Waals surface area contributed by atoms with Gasteiger partial charge in [-0.05, 0) is 36.8 Å². The summed E-state index contributed by atoms with van der Waals surface area (Å²) in [5.41, 5.74) is 3.83. The molecular weight excluding hydrogens is 292 g/mol. The number of nitro benzene ring substituents is 1. The lowest BCUT2D eigenvalue weighted by Crippen LogP contribution is -2.12. The molecular formula is C14H15ClN4O2. The fraction of sp³-hybridized carbons (Fsp3) is 0.143. The van der Waals surface area contributed by atoms with E-state index in [1.165, 1.54) is 0 Å². The van der Waals surface area contributed by atoms with Crippen LogP contribution < -0.4 is 16.6 Å². The number of para-hydroxylation sites is 1. The van der Waals surface area contributed by atoms with Gasteiger partial charge in [0.05, 0.1) is 4.92 Å².